The number of piperidine rings is 1. The van der Waals surface area contributed by atoms with Gasteiger partial charge in [0, 0.05) is 38.6 Å². The van der Waals surface area contributed by atoms with Crippen LogP contribution in [0.15, 0.2) is 29.3 Å². The predicted octanol–water partition coefficient (Wildman–Crippen LogP) is 3.29. The van der Waals surface area contributed by atoms with E-state index in [9.17, 15) is 4.79 Å². The van der Waals surface area contributed by atoms with Gasteiger partial charge < -0.3 is 25.3 Å². The summed E-state index contributed by atoms with van der Waals surface area (Å²) in [5.41, 5.74) is 2.09. The summed E-state index contributed by atoms with van der Waals surface area (Å²) in [4.78, 5) is 26.3. The number of fused-ring (bicyclic) bond motifs is 1. The van der Waals surface area contributed by atoms with Crippen LogP contribution in [-0.2, 0) is 11.2 Å². The van der Waals surface area contributed by atoms with Gasteiger partial charge in [-0.15, -0.1) is 24.0 Å². The lowest BCUT2D eigenvalue weighted by Crippen LogP contribution is -2.49. The third-order valence-electron chi connectivity index (χ3n) is 4.99. The van der Waals surface area contributed by atoms with Crippen LogP contribution < -0.4 is 10.6 Å². The van der Waals surface area contributed by atoms with Crippen LogP contribution in [-0.4, -0.2) is 65.7 Å². The number of rotatable bonds is 7. The van der Waals surface area contributed by atoms with Crippen molar-refractivity contribution in [2.75, 3.05) is 32.8 Å². The van der Waals surface area contributed by atoms with E-state index in [-0.39, 0.29) is 30.1 Å². The van der Waals surface area contributed by atoms with Gasteiger partial charge >= 0.3 is 6.09 Å². The van der Waals surface area contributed by atoms with Crippen LogP contribution in [0.5, 0.6) is 0 Å². The monoisotopic (exact) mass is 528 g/mol. The van der Waals surface area contributed by atoms with Crippen molar-refractivity contribution in [1.82, 2.24) is 25.5 Å². The zero-order chi connectivity index (χ0) is 20.5. The zero-order valence-electron chi connectivity index (χ0n) is 17.8. The van der Waals surface area contributed by atoms with Crippen molar-refractivity contribution in [3.63, 3.8) is 0 Å². The first-order valence-corrected chi connectivity index (χ1v) is 10.6. The molecule has 0 saturated carbocycles. The molecule has 0 aliphatic carbocycles. The second-order valence-corrected chi connectivity index (χ2v) is 7.17. The summed E-state index contributed by atoms with van der Waals surface area (Å²) in [5.74, 6) is 1.84. The molecule has 0 atom stereocenters. The third-order valence-corrected chi connectivity index (χ3v) is 4.99. The highest BCUT2D eigenvalue weighted by atomic mass is 127. The van der Waals surface area contributed by atoms with Crippen molar-refractivity contribution >= 4 is 47.1 Å². The number of aromatic amines is 1. The lowest BCUT2D eigenvalue weighted by Gasteiger charge is -2.32. The minimum atomic E-state index is -0.211. The summed E-state index contributed by atoms with van der Waals surface area (Å²) in [6.07, 6.45) is 3.37. The Balaban J connectivity index is 0.00000320. The van der Waals surface area contributed by atoms with Crippen LogP contribution >= 0.6 is 24.0 Å². The summed E-state index contributed by atoms with van der Waals surface area (Å²) >= 11 is 0. The van der Waals surface area contributed by atoms with Gasteiger partial charge in [0.1, 0.15) is 5.82 Å². The Morgan fingerprint density at radius 1 is 1.30 bits per heavy atom. The van der Waals surface area contributed by atoms with Gasteiger partial charge in [0.05, 0.1) is 17.6 Å². The zero-order valence-corrected chi connectivity index (χ0v) is 20.1. The molecule has 2 heterocycles. The summed E-state index contributed by atoms with van der Waals surface area (Å²) in [6.45, 7) is 7.28. The van der Waals surface area contributed by atoms with E-state index in [1.807, 2.05) is 31.2 Å². The van der Waals surface area contributed by atoms with Crippen LogP contribution in [0.25, 0.3) is 11.0 Å². The lowest BCUT2D eigenvalue weighted by atomic mass is 10.1. The summed E-state index contributed by atoms with van der Waals surface area (Å²) in [6, 6.07) is 8.40. The number of hydrogen-bond donors (Lipinski definition) is 3. The number of aromatic nitrogens is 2. The molecule has 1 aromatic heterocycles. The van der Waals surface area contributed by atoms with Gasteiger partial charge in [-0.1, -0.05) is 12.1 Å². The number of hydrogen-bond acceptors (Lipinski definition) is 4. The van der Waals surface area contributed by atoms with Gasteiger partial charge in [-0.2, -0.15) is 0 Å². The highest BCUT2D eigenvalue weighted by molar-refractivity contribution is 14.0. The quantitative estimate of drug-likeness (QED) is 0.222. The maximum Gasteiger partial charge on any atom is 0.409 e. The Morgan fingerprint density at radius 2 is 2.07 bits per heavy atom. The lowest BCUT2D eigenvalue weighted by molar-refractivity contribution is 0.0963. The van der Waals surface area contributed by atoms with E-state index in [1.165, 1.54) is 0 Å². The maximum absolute atomic E-state index is 11.8. The number of nitrogens with one attached hydrogen (secondary N) is 3. The average Bonchev–Trinajstić information content (AvgIpc) is 3.15. The number of aliphatic imine (C=N–C) groups is 1. The van der Waals surface area contributed by atoms with Crippen molar-refractivity contribution in [3.05, 3.63) is 30.1 Å². The van der Waals surface area contributed by atoms with Crippen LogP contribution in [0.2, 0.25) is 0 Å². The molecule has 1 fully saturated rings. The number of likely N-dealkylation sites (tertiary alicyclic amines) is 1. The fourth-order valence-corrected chi connectivity index (χ4v) is 3.50. The van der Waals surface area contributed by atoms with Crippen LogP contribution in [0.3, 0.4) is 0 Å². The maximum atomic E-state index is 11.8. The second kappa shape index (κ2) is 12.6. The van der Waals surface area contributed by atoms with Crippen LogP contribution in [0.4, 0.5) is 4.79 Å². The Labute approximate surface area is 195 Å². The molecule has 8 nitrogen and oxygen atoms in total. The number of ether oxygens (including phenoxy) is 1. The average molecular weight is 528 g/mol. The minimum Gasteiger partial charge on any atom is -0.450 e. The van der Waals surface area contributed by atoms with Crippen molar-refractivity contribution in [2.45, 2.75) is 45.6 Å². The van der Waals surface area contributed by atoms with Gasteiger partial charge in [-0.25, -0.2) is 9.78 Å². The molecule has 30 heavy (non-hydrogen) atoms. The number of H-pyrrole nitrogens is 1. The number of para-hydroxylation sites is 2. The van der Waals surface area contributed by atoms with Gasteiger partial charge in [0.2, 0.25) is 0 Å². The van der Waals surface area contributed by atoms with Gasteiger partial charge in [0.25, 0.3) is 0 Å². The first-order chi connectivity index (χ1) is 14.2. The Kier molecular flexibility index (Phi) is 10.2. The first-order valence-electron chi connectivity index (χ1n) is 10.6. The summed E-state index contributed by atoms with van der Waals surface area (Å²) in [7, 11) is 0. The molecule has 166 valence electrons. The molecule has 1 saturated heterocycles. The molecule has 3 rings (SSSR count). The number of halogens is 1. The molecule has 9 heteroatoms. The smallest absolute Gasteiger partial charge is 0.409 e. The third kappa shape index (κ3) is 7.03. The number of guanidine groups is 1. The highest BCUT2D eigenvalue weighted by Crippen LogP contribution is 2.12. The van der Waals surface area contributed by atoms with Crippen molar-refractivity contribution in [1.29, 1.82) is 0 Å². The van der Waals surface area contributed by atoms with E-state index >= 15 is 0 Å². The molecule has 3 N–H and O–H groups in total. The topological polar surface area (TPSA) is 94.6 Å². The second-order valence-electron chi connectivity index (χ2n) is 7.17. The van der Waals surface area contributed by atoms with E-state index in [1.54, 1.807) is 4.90 Å². The molecular formula is C21H33IN6O2. The number of imidazole rings is 1. The number of carbonyl (C=O) groups is 1. The largest absolute Gasteiger partial charge is 0.450 e. The number of aryl methyl sites for hydroxylation is 1. The standard InChI is InChI=1S/C21H32N6O2.HI/c1-3-22-20(24-16-11-14-27(15-12-16)21(28)29-4-2)23-13-7-10-19-25-17-8-5-6-9-18(17)26-19;/h5-6,8-9,16H,3-4,7,10-15H2,1-2H3,(H,25,26)(H2,22,23,24);1H. The molecule has 0 unspecified atom stereocenters. The summed E-state index contributed by atoms with van der Waals surface area (Å²) in [5, 5.41) is 6.82. The van der Waals surface area contributed by atoms with E-state index in [2.05, 4.69) is 27.5 Å². The van der Waals surface area contributed by atoms with Gasteiger partial charge in [0.15, 0.2) is 5.96 Å². The number of benzene rings is 1. The molecule has 1 aromatic carbocycles. The highest BCUT2D eigenvalue weighted by Gasteiger charge is 2.23. The Hall–Kier alpha value is -2.04. The van der Waals surface area contributed by atoms with Crippen molar-refractivity contribution in [3.8, 4) is 0 Å². The van der Waals surface area contributed by atoms with Gasteiger partial charge in [-0.05, 0) is 45.2 Å². The normalized spacial score (nSPS) is 15.0. The fourth-order valence-electron chi connectivity index (χ4n) is 3.50. The van der Waals surface area contributed by atoms with E-state index in [4.69, 9.17) is 9.73 Å². The molecule has 0 radical (unpaired) electrons. The van der Waals surface area contributed by atoms with Gasteiger partial charge in [-0.3, -0.25) is 4.99 Å². The summed E-state index contributed by atoms with van der Waals surface area (Å²) < 4.78 is 5.08. The number of nitrogens with zero attached hydrogens (tertiary/aromatic N) is 3. The first kappa shape index (κ1) is 24.2. The Morgan fingerprint density at radius 3 is 2.77 bits per heavy atom. The SMILES string of the molecule is CCNC(=NCCCc1nc2ccccc2[nH]1)NC1CCN(C(=O)OCC)CC1.I. The fraction of sp³-hybridized carbons (Fsp3) is 0.571. The molecule has 1 aliphatic rings. The molecule has 1 amide bonds. The van der Waals surface area contributed by atoms with Crippen LogP contribution in [0, 0.1) is 0 Å². The van der Waals surface area contributed by atoms with Crippen molar-refractivity contribution in [2.24, 2.45) is 4.99 Å². The van der Waals surface area contributed by atoms with E-state index in [0.717, 1.165) is 61.6 Å². The molecular weight excluding hydrogens is 495 g/mol. The predicted molar refractivity (Wildman–Crippen MR) is 131 cm³/mol. The van der Waals surface area contributed by atoms with E-state index < -0.39 is 0 Å². The molecule has 0 bridgehead atoms. The minimum absolute atomic E-state index is 0. The molecule has 1 aliphatic heterocycles. The van der Waals surface area contributed by atoms with Crippen LogP contribution in [0.1, 0.15) is 38.9 Å². The number of amides is 1. The molecule has 2 aromatic rings. The number of carbonyl (C=O) groups excluding carboxylic acids is 1. The Bertz CT molecular complexity index is 784. The molecule has 0 spiro atoms. The van der Waals surface area contributed by atoms with E-state index in [0.29, 0.717) is 25.7 Å². The van der Waals surface area contributed by atoms with Crippen molar-refractivity contribution < 1.29 is 9.53 Å².